The minimum absolute atomic E-state index is 0.429. The number of amides is 1. The fourth-order valence-corrected chi connectivity index (χ4v) is 2.05. The minimum Gasteiger partial charge on any atom is -0.489 e. The van der Waals surface area contributed by atoms with Gasteiger partial charge in [-0.15, -0.1) is 0 Å². The van der Waals surface area contributed by atoms with E-state index in [1.165, 1.54) is 0 Å². The predicted molar refractivity (Wildman–Crippen MR) is 82.9 cm³/mol. The molecule has 22 heavy (non-hydrogen) atoms. The normalized spacial score (nSPS) is 10.4. The average Bonchev–Trinajstić information content (AvgIpc) is 3.08. The number of carbonyl (C=O) groups excluding carboxylic acids is 1. The van der Waals surface area contributed by atoms with Crippen molar-refractivity contribution >= 4 is 5.91 Å². The standard InChI is InChI=1S/C17H15N3O2/c18-17(21)14-4-2-13(3-5-14)12-22-16-8-6-15(7-9-16)20-11-1-10-19-20/h1-11H,12H2,(H2,18,21). The number of rotatable bonds is 5. The molecule has 3 rings (SSSR count). The second-order valence-corrected chi connectivity index (χ2v) is 4.79. The van der Waals surface area contributed by atoms with E-state index in [2.05, 4.69) is 5.10 Å². The SMILES string of the molecule is NC(=O)c1ccc(COc2ccc(-n3cccn3)cc2)cc1. The predicted octanol–water partition coefficient (Wildman–Crippen LogP) is 2.55. The van der Waals surface area contributed by atoms with Crippen molar-refractivity contribution in [2.75, 3.05) is 0 Å². The van der Waals surface area contributed by atoms with Crippen LogP contribution in [0.4, 0.5) is 0 Å². The Morgan fingerprint density at radius 2 is 1.82 bits per heavy atom. The molecule has 2 N–H and O–H groups in total. The Bertz CT molecular complexity index is 748. The molecule has 1 amide bonds. The summed E-state index contributed by atoms with van der Waals surface area (Å²) in [6.45, 7) is 0.431. The van der Waals surface area contributed by atoms with E-state index in [1.54, 1.807) is 23.0 Å². The van der Waals surface area contributed by atoms with E-state index in [0.717, 1.165) is 17.0 Å². The van der Waals surface area contributed by atoms with Gasteiger partial charge in [0.25, 0.3) is 0 Å². The molecule has 3 aromatic rings. The van der Waals surface area contributed by atoms with Gasteiger partial charge in [0.05, 0.1) is 5.69 Å². The summed E-state index contributed by atoms with van der Waals surface area (Å²) in [5.41, 5.74) is 7.65. The van der Waals surface area contributed by atoms with Crippen molar-refractivity contribution in [3.63, 3.8) is 0 Å². The van der Waals surface area contributed by atoms with Crippen molar-refractivity contribution in [1.29, 1.82) is 0 Å². The van der Waals surface area contributed by atoms with Crippen molar-refractivity contribution in [2.45, 2.75) is 6.61 Å². The number of hydrogen-bond donors (Lipinski definition) is 1. The summed E-state index contributed by atoms with van der Waals surface area (Å²) >= 11 is 0. The maximum absolute atomic E-state index is 11.0. The first-order chi connectivity index (χ1) is 10.7. The summed E-state index contributed by atoms with van der Waals surface area (Å²) in [5, 5.41) is 4.17. The molecule has 0 spiro atoms. The van der Waals surface area contributed by atoms with Gasteiger partial charge in [-0.1, -0.05) is 12.1 Å². The molecule has 1 heterocycles. The van der Waals surface area contributed by atoms with Crippen LogP contribution < -0.4 is 10.5 Å². The average molecular weight is 293 g/mol. The van der Waals surface area contributed by atoms with Crippen molar-refractivity contribution in [2.24, 2.45) is 5.73 Å². The number of benzene rings is 2. The smallest absolute Gasteiger partial charge is 0.248 e. The largest absolute Gasteiger partial charge is 0.489 e. The zero-order chi connectivity index (χ0) is 15.4. The summed E-state index contributed by atoms with van der Waals surface area (Å²) < 4.78 is 7.50. The van der Waals surface area contributed by atoms with E-state index in [-0.39, 0.29) is 0 Å². The Labute approximate surface area is 127 Å². The Balaban J connectivity index is 1.63. The lowest BCUT2D eigenvalue weighted by Crippen LogP contribution is -2.10. The van der Waals surface area contributed by atoms with Gasteiger partial charge in [-0.2, -0.15) is 5.10 Å². The van der Waals surface area contributed by atoms with Crippen molar-refractivity contribution in [1.82, 2.24) is 9.78 Å². The Morgan fingerprint density at radius 3 is 2.41 bits per heavy atom. The summed E-state index contributed by atoms with van der Waals surface area (Å²) in [5.74, 6) is 0.344. The summed E-state index contributed by atoms with van der Waals surface area (Å²) in [7, 11) is 0. The van der Waals surface area contributed by atoms with Gasteiger partial charge < -0.3 is 10.5 Å². The van der Waals surface area contributed by atoms with Crippen LogP contribution in [0.3, 0.4) is 0 Å². The molecule has 0 atom stereocenters. The number of nitrogens with zero attached hydrogens (tertiary/aromatic N) is 2. The molecular formula is C17H15N3O2. The number of nitrogens with two attached hydrogens (primary N) is 1. The van der Waals surface area contributed by atoms with Crippen LogP contribution in [0.1, 0.15) is 15.9 Å². The Kier molecular flexibility index (Phi) is 3.87. The molecular weight excluding hydrogens is 278 g/mol. The fourth-order valence-electron chi connectivity index (χ4n) is 2.05. The maximum Gasteiger partial charge on any atom is 0.248 e. The first kappa shape index (κ1) is 13.9. The van der Waals surface area contributed by atoms with Gasteiger partial charge in [-0.25, -0.2) is 4.68 Å². The van der Waals surface area contributed by atoms with Crippen LogP contribution in [-0.4, -0.2) is 15.7 Å². The van der Waals surface area contributed by atoms with Gasteiger partial charge in [-0.05, 0) is 48.0 Å². The lowest BCUT2D eigenvalue weighted by atomic mass is 10.1. The molecule has 0 aliphatic carbocycles. The molecule has 0 radical (unpaired) electrons. The van der Waals surface area contributed by atoms with E-state index in [0.29, 0.717) is 12.2 Å². The van der Waals surface area contributed by atoms with Crippen LogP contribution in [0, 0.1) is 0 Å². The van der Waals surface area contributed by atoms with Crippen molar-refractivity contribution in [3.05, 3.63) is 78.1 Å². The number of carbonyl (C=O) groups is 1. The second-order valence-electron chi connectivity index (χ2n) is 4.79. The van der Waals surface area contributed by atoms with Gasteiger partial charge in [0, 0.05) is 18.0 Å². The molecule has 2 aromatic carbocycles. The molecule has 0 unspecified atom stereocenters. The number of primary amides is 1. The molecule has 5 nitrogen and oxygen atoms in total. The molecule has 1 aromatic heterocycles. The van der Waals surface area contributed by atoms with E-state index in [4.69, 9.17) is 10.5 Å². The van der Waals surface area contributed by atoms with Crippen LogP contribution in [0.2, 0.25) is 0 Å². The molecule has 0 saturated carbocycles. The maximum atomic E-state index is 11.0. The molecule has 0 bridgehead atoms. The molecule has 0 aliphatic heterocycles. The lowest BCUT2D eigenvalue weighted by Gasteiger charge is -2.08. The summed E-state index contributed by atoms with van der Waals surface area (Å²) in [4.78, 5) is 11.0. The van der Waals surface area contributed by atoms with Gasteiger partial charge in [0.15, 0.2) is 0 Å². The minimum atomic E-state index is -0.429. The van der Waals surface area contributed by atoms with E-state index < -0.39 is 5.91 Å². The third-order valence-electron chi connectivity index (χ3n) is 3.25. The summed E-state index contributed by atoms with van der Waals surface area (Å²) in [6.07, 6.45) is 3.62. The van der Waals surface area contributed by atoms with Crippen LogP contribution in [0.15, 0.2) is 67.0 Å². The highest BCUT2D eigenvalue weighted by Gasteiger charge is 2.01. The highest BCUT2D eigenvalue weighted by molar-refractivity contribution is 5.92. The van der Waals surface area contributed by atoms with E-state index in [9.17, 15) is 4.79 Å². The number of ether oxygens (including phenoxy) is 1. The van der Waals surface area contributed by atoms with Crippen molar-refractivity contribution < 1.29 is 9.53 Å². The topological polar surface area (TPSA) is 70.1 Å². The first-order valence-electron chi connectivity index (χ1n) is 6.84. The van der Waals surface area contributed by atoms with E-state index >= 15 is 0 Å². The molecule has 0 saturated heterocycles. The second kappa shape index (κ2) is 6.13. The fraction of sp³-hybridized carbons (Fsp3) is 0.0588. The zero-order valence-electron chi connectivity index (χ0n) is 11.8. The number of hydrogen-bond acceptors (Lipinski definition) is 3. The van der Waals surface area contributed by atoms with Gasteiger partial charge in [0.2, 0.25) is 5.91 Å². The number of aromatic nitrogens is 2. The van der Waals surface area contributed by atoms with Gasteiger partial charge in [0.1, 0.15) is 12.4 Å². The van der Waals surface area contributed by atoms with Crippen LogP contribution in [0.5, 0.6) is 5.75 Å². The molecule has 110 valence electrons. The van der Waals surface area contributed by atoms with Crippen molar-refractivity contribution in [3.8, 4) is 11.4 Å². The Morgan fingerprint density at radius 1 is 1.09 bits per heavy atom. The van der Waals surface area contributed by atoms with E-state index in [1.807, 2.05) is 48.7 Å². The Hall–Kier alpha value is -3.08. The summed E-state index contributed by atoms with van der Waals surface area (Å²) in [6, 6.07) is 16.6. The molecule has 0 aliphatic rings. The van der Waals surface area contributed by atoms with Gasteiger partial charge >= 0.3 is 0 Å². The highest BCUT2D eigenvalue weighted by atomic mass is 16.5. The lowest BCUT2D eigenvalue weighted by molar-refractivity contribution is 0.1000. The van der Waals surface area contributed by atoms with Crippen LogP contribution in [-0.2, 0) is 6.61 Å². The third kappa shape index (κ3) is 3.15. The highest BCUT2D eigenvalue weighted by Crippen LogP contribution is 2.16. The zero-order valence-corrected chi connectivity index (χ0v) is 11.8. The third-order valence-corrected chi connectivity index (χ3v) is 3.25. The van der Waals surface area contributed by atoms with Crippen LogP contribution in [0.25, 0.3) is 5.69 Å². The van der Waals surface area contributed by atoms with Crippen LogP contribution >= 0.6 is 0 Å². The quantitative estimate of drug-likeness (QED) is 0.786. The van der Waals surface area contributed by atoms with Gasteiger partial charge in [-0.3, -0.25) is 4.79 Å². The molecule has 0 fully saturated rings. The monoisotopic (exact) mass is 293 g/mol. The first-order valence-corrected chi connectivity index (χ1v) is 6.84. The molecule has 5 heteroatoms.